The van der Waals surface area contributed by atoms with Gasteiger partial charge < -0.3 is 9.32 Å². The minimum atomic E-state index is 0.877. The second-order valence-electron chi connectivity index (χ2n) is 11.0. The lowest BCUT2D eigenvalue weighted by molar-refractivity contribution is 0.669. The Labute approximate surface area is 257 Å². The monoisotopic (exact) mass is 563 g/mol. The maximum atomic E-state index is 6.42. The summed E-state index contributed by atoms with van der Waals surface area (Å²) in [6, 6.07) is 62.1. The largest absolute Gasteiger partial charge is 0.456 e. The van der Waals surface area contributed by atoms with E-state index in [2.05, 4.69) is 175 Å². The van der Waals surface area contributed by atoms with Gasteiger partial charge in [0.15, 0.2) is 0 Å². The summed E-state index contributed by atoms with van der Waals surface area (Å²) in [6.07, 6.45) is 0. The Morgan fingerprint density at radius 2 is 0.909 bits per heavy atom. The Bertz CT molecular complexity index is 2200. The van der Waals surface area contributed by atoms with Crippen LogP contribution in [-0.2, 0) is 0 Å². The molecule has 0 saturated carbocycles. The van der Waals surface area contributed by atoms with Crippen molar-refractivity contribution in [1.29, 1.82) is 0 Å². The molecule has 8 aromatic rings. The number of para-hydroxylation sites is 2. The van der Waals surface area contributed by atoms with Crippen LogP contribution in [0, 0.1) is 0 Å². The van der Waals surface area contributed by atoms with Gasteiger partial charge in [-0.25, -0.2) is 0 Å². The molecule has 0 N–H and O–H groups in total. The van der Waals surface area contributed by atoms with Crippen LogP contribution >= 0.6 is 0 Å². The molecular weight excluding hydrogens is 534 g/mol. The van der Waals surface area contributed by atoms with Gasteiger partial charge in [0.2, 0.25) is 0 Å². The summed E-state index contributed by atoms with van der Waals surface area (Å²) in [5.41, 5.74) is 12.1. The van der Waals surface area contributed by atoms with Crippen LogP contribution in [0.4, 0.5) is 17.1 Å². The van der Waals surface area contributed by atoms with E-state index in [4.69, 9.17) is 4.42 Å². The fourth-order valence-corrected chi connectivity index (χ4v) is 6.21. The van der Waals surface area contributed by atoms with Crippen molar-refractivity contribution in [3.8, 4) is 33.4 Å². The summed E-state index contributed by atoms with van der Waals surface area (Å²) >= 11 is 0. The van der Waals surface area contributed by atoms with Gasteiger partial charge in [0.05, 0.1) is 5.69 Å². The maximum Gasteiger partial charge on any atom is 0.136 e. The quantitative estimate of drug-likeness (QED) is 0.200. The highest BCUT2D eigenvalue weighted by Gasteiger charge is 2.22. The van der Waals surface area contributed by atoms with Crippen molar-refractivity contribution in [2.45, 2.75) is 0 Å². The third kappa shape index (κ3) is 4.63. The summed E-state index contributed by atoms with van der Waals surface area (Å²) < 4.78 is 6.42. The highest BCUT2D eigenvalue weighted by Crippen LogP contribution is 2.47. The molecule has 0 saturated heterocycles. The van der Waals surface area contributed by atoms with Gasteiger partial charge in [-0.15, -0.1) is 0 Å². The summed E-state index contributed by atoms with van der Waals surface area (Å²) in [7, 11) is 0. The number of nitrogens with zero attached hydrogens (tertiary/aromatic N) is 1. The minimum Gasteiger partial charge on any atom is -0.456 e. The van der Waals surface area contributed by atoms with E-state index in [1.807, 2.05) is 6.07 Å². The van der Waals surface area contributed by atoms with Crippen molar-refractivity contribution in [2.75, 3.05) is 4.90 Å². The fraction of sp³-hybridized carbons (Fsp3) is 0. The van der Waals surface area contributed by atoms with Gasteiger partial charge in [-0.1, -0.05) is 127 Å². The van der Waals surface area contributed by atoms with Gasteiger partial charge in [-0.3, -0.25) is 0 Å². The normalized spacial score (nSPS) is 11.2. The van der Waals surface area contributed by atoms with Gasteiger partial charge >= 0.3 is 0 Å². The zero-order valence-electron chi connectivity index (χ0n) is 24.1. The van der Waals surface area contributed by atoms with Crippen LogP contribution in [0.2, 0.25) is 0 Å². The van der Waals surface area contributed by atoms with Crippen LogP contribution in [0.3, 0.4) is 0 Å². The minimum absolute atomic E-state index is 0.877. The van der Waals surface area contributed by atoms with E-state index in [0.717, 1.165) is 50.1 Å². The molecule has 0 radical (unpaired) electrons. The average Bonchev–Trinajstić information content (AvgIpc) is 3.49. The molecule has 0 bridgehead atoms. The van der Waals surface area contributed by atoms with E-state index in [9.17, 15) is 0 Å². The van der Waals surface area contributed by atoms with Crippen LogP contribution < -0.4 is 4.90 Å². The number of benzene rings is 7. The molecule has 0 atom stereocenters. The van der Waals surface area contributed by atoms with E-state index in [1.54, 1.807) is 0 Å². The Morgan fingerprint density at radius 1 is 0.364 bits per heavy atom. The van der Waals surface area contributed by atoms with Crippen molar-refractivity contribution < 1.29 is 4.42 Å². The molecule has 0 unspecified atom stereocenters. The topological polar surface area (TPSA) is 16.4 Å². The van der Waals surface area contributed by atoms with Gasteiger partial charge in [0, 0.05) is 27.7 Å². The molecule has 0 aliphatic heterocycles. The second kappa shape index (κ2) is 11.1. The summed E-state index contributed by atoms with van der Waals surface area (Å²) in [5, 5.41) is 2.22. The molecule has 8 rings (SSSR count). The summed E-state index contributed by atoms with van der Waals surface area (Å²) in [6.45, 7) is 0. The molecule has 0 aliphatic carbocycles. The molecular formula is C42H29NO. The Morgan fingerprint density at radius 3 is 1.64 bits per heavy atom. The third-order valence-electron chi connectivity index (χ3n) is 8.27. The van der Waals surface area contributed by atoms with Crippen LogP contribution in [0.25, 0.3) is 55.3 Å². The van der Waals surface area contributed by atoms with Gasteiger partial charge in [0.25, 0.3) is 0 Å². The highest BCUT2D eigenvalue weighted by atomic mass is 16.3. The molecule has 2 heteroatoms. The van der Waals surface area contributed by atoms with E-state index < -0.39 is 0 Å². The Hall–Kier alpha value is -5.86. The first-order valence-electron chi connectivity index (χ1n) is 14.9. The zero-order valence-corrected chi connectivity index (χ0v) is 24.1. The Kier molecular flexibility index (Phi) is 6.51. The summed E-state index contributed by atoms with van der Waals surface area (Å²) in [4.78, 5) is 2.36. The van der Waals surface area contributed by atoms with Crippen LogP contribution in [0.5, 0.6) is 0 Å². The molecule has 0 fully saturated rings. The van der Waals surface area contributed by atoms with E-state index in [-0.39, 0.29) is 0 Å². The number of furan rings is 1. The van der Waals surface area contributed by atoms with Gasteiger partial charge in [0.1, 0.15) is 11.2 Å². The van der Waals surface area contributed by atoms with Crippen molar-refractivity contribution in [3.63, 3.8) is 0 Å². The van der Waals surface area contributed by atoms with E-state index in [1.165, 1.54) is 22.3 Å². The first-order valence-corrected chi connectivity index (χ1v) is 14.9. The van der Waals surface area contributed by atoms with Crippen LogP contribution in [-0.4, -0.2) is 0 Å². The maximum absolute atomic E-state index is 6.42. The number of hydrogen-bond acceptors (Lipinski definition) is 2. The number of rotatable bonds is 6. The number of anilines is 3. The molecule has 2 nitrogen and oxygen atoms in total. The van der Waals surface area contributed by atoms with Crippen molar-refractivity contribution >= 4 is 39.0 Å². The van der Waals surface area contributed by atoms with Crippen molar-refractivity contribution in [2.24, 2.45) is 0 Å². The number of hydrogen-bond donors (Lipinski definition) is 0. The zero-order chi connectivity index (χ0) is 29.3. The van der Waals surface area contributed by atoms with E-state index in [0.29, 0.717) is 0 Å². The fourth-order valence-electron chi connectivity index (χ4n) is 6.21. The molecule has 44 heavy (non-hydrogen) atoms. The molecule has 0 amide bonds. The number of fused-ring (bicyclic) bond motifs is 3. The van der Waals surface area contributed by atoms with Crippen molar-refractivity contribution in [1.82, 2.24) is 0 Å². The average molecular weight is 564 g/mol. The third-order valence-corrected chi connectivity index (χ3v) is 8.27. The van der Waals surface area contributed by atoms with E-state index >= 15 is 0 Å². The highest BCUT2D eigenvalue weighted by molar-refractivity contribution is 6.16. The molecule has 0 spiro atoms. The molecule has 1 heterocycles. The van der Waals surface area contributed by atoms with Crippen LogP contribution in [0.15, 0.2) is 180 Å². The second-order valence-corrected chi connectivity index (χ2v) is 11.0. The van der Waals surface area contributed by atoms with Crippen LogP contribution in [0.1, 0.15) is 0 Å². The standard InChI is InChI=1S/C42H29NO/c1-4-13-30(14-5-1)32-23-25-36(26-24-32)43(35-19-8-3-9-20-35)38-27-28-40-42(37-21-10-11-22-39(37)44-40)41(38)34-18-12-17-33(29-34)31-15-6-2-7-16-31/h1-29H. The first kappa shape index (κ1) is 25.8. The van der Waals surface area contributed by atoms with Gasteiger partial charge in [-0.2, -0.15) is 0 Å². The summed E-state index contributed by atoms with van der Waals surface area (Å²) in [5.74, 6) is 0. The lowest BCUT2D eigenvalue weighted by atomic mass is 9.93. The molecule has 208 valence electrons. The molecule has 1 aromatic heterocycles. The lowest BCUT2D eigenvalue weighted by Gasteiger charge is -2.28. The smallest absolute Gasteiger partial charge is 0.136 e. The predicted molar refractivity (Wildman–Crippen MR) is 185 cm³/mol. The first-order chi connectivity index (χ1) is 21.8. The molecule has 0 aliphatic rings. The van der Waals surface area contributed by atoms with Crippen molar-refractivity contribution in [3.05, 3.63) is 176 Å². The van der Waals surface area contributed by atoms with Gasteiger partial charge in [-0.05, 0) is 76.3 Å². The lowest BCUT2D eigenvalue weighted by Crippen LogP contribution is -2.11. The Balaban J connectivity index is 1.40. The predicted octanol–water partition coefficient (Wildman–Crippen LogP) is 12.1. The SMILES string of the molecule is c1ccc(-c2ccc(N(c3ccccc3)c3ccc4oc5ccccc5c4c3-c3cccc(-c4ccccc4)c3)cc2)cc1. The molecule has 7 aromatic carbocycles.